The molecule has 0 atom stereocenters. The predicted molar refractivity (Wildman–Crippen MR) is 295 cm³/mol. The van der Waals surface area contributed by atoms with Crippen LogP contribution in [0.25, 0.3) is 0 Å². The van der Waals surface area contributed by atoms with Crippen LogP contribution in [0.4, 0.5) is 4.79 Å². The van der Waals surface area contributed by atoms with E-state index >= 15 is 0 Å². The molecule has 0 saturated heterocycles. The van der Waals surface area contributed by atoms with Crippen molar-refractivity contribution in [3.8, 4) is 0 Å². The Balaban J connectivity index is 5.15. The van der Waals surface area contributed by atoms with Crippen LogP contribution in [-0.4, -0.2) is 30.8 Å². The van der Waals surface area contributed by atoms with Crippen LogP contribution in [0, 0.1) is 5.41 Å². The molecular weight excluding hydrogens is 823 g/mol. The first kappa shape index (κ1) is 64.2. The normalized spacial score (nSPS) is 12.7. The van der Waals surface area contributed by atoms with E-state index in [1.54, 1.807) is 0 Å². The first-order chi connectivity index (χ1) is 32.7. The summed E-state index contributed by atoms with van der Waals surface area (Å²) in [5.41, 5.74) is -1.34. The summed E-state index contributed by atoms with van der Waals surface area (Å²) in [5.74, 6) is -0.128. The molecule has 0 saturated carbocycles. The van der Waals surface area contributed by atoms with Crippen molar-refractivity contribution in [3.63, 3.8) is 0 Å². The fraction of sp³-hybridized carbons (Fsp3) is 0.774. The van der Waals surface area contributed by atoms with Crippen LogP contribution in [-0.2, 0) is 14.3 Å². The summed E-state index contributed by atoms with van der Waals surface area (Å²) in [6.07, 6.45) is 71.6. The Morgan fingerprint density at radius 1 is 0.388 bits per heavy atom. The van der Waals surface area contributed by atoms with E-state index < -0.39 is 17.1 Å². The Bertz CT molecular complexity index is 1220. The number of rotatable bonds is 48. The predicted octanol–water partition coefficient (Wildman–Crippen LogP) is 20.3. The lowest BCUT2D eigenvalue weighted by Gasteiger charge is -2.32. The minimum Gasteiger partial charge on any atom is -0.465 e. The van der Waals surface area contributed by atoms with Gasteiger partial charge in [0.15, 0.2) is 0 Å². The largest absolute Gasteiger partial charge is 0.465 e. The van der Waals surface area contributed by atoms with Gasteiger partial charge in [-0.2, -0.15) is 0 Å². The second-order valence-corrected chi connectivity index (χ2v) is 20.5. The Morgan fingerprint density at radius 3 is 1.01 bits per heavy atom. The van der Waals surface area contributed by atoms with E-state index in [0.717, 1.165) is 89.9 Å². The lowest BCUT2D eigenvalue weighted by molar-refractivity contribution is -0.157. The van der Waals surface area contributed by atoms with Crippen molar-refractivity contribution in [1.82, 2.24) is 5.32 Å². The molecule has 5 heteroatoms. The molecule has 5 nitrogen and oxygen atoms in total. The van der Waals surface area contributed by atoms with Crippen molar-refractivity contribution in [2.24, 2.45) is 5.41 Å². The summed E-state index contributed by atoms with van der Waals surface area (Å²) in [4.78, 5) is 27.3. The molecule has 388 valence electrons. The fourth-order valence-corrected chi connectivity index (χ4v) is 8.45. The van der Waals surface area contributed by atoms with E-state index in [1.807, 2.05) is 20.8 Å². The maximum absolute atomic E-state index is 14.3. The summed E-state index contributed by atoms with van der Waals surface area (Å²) >= 11 is 0. The van der Waals surface area contributed by atoms with Gasteiger partial charge in [-0.3, -0.25) is 4.79 Å². The maximum atomic E-state index is 14.3. The number of carbonyl (C=O) groups excluding carboxylic acids is 2. The number of alkyl carbamates (subject to hydrolysis) is 1. The molecule has 0 aliphatic carbocycles. The van der Waals surface area contributed by atoms with Crippen molar-refractivity contribution >= 4 is 12.1 Å². The lowest BCUT2D eigenvalue weighted by Crippen LogP contribution is -2.45. The highest BCUT2D eigenvalue weighted by molar-refractivity contribution is 5.78. The molecule has 0 fully saturated rings. The van der Waals surface area contributed by atoms with Gasteiger partial charge < -0.3 is 14.8 Å². The second-order valence-electron chi connectivity index (χ2n) is 20.5. The summed E-state index contributed by atoms with van der Waals surface area (Å²) in [6.45, 7) is 13.1. The van der Waals surface area contributed by atoms with Crippen LogP contribution in [0.3, 0.4) is 0 Å². The zero-order valence-electron chi connectivity index (χ0n) is 45.3. The van der Waals surface area contributed by atoms with Gasteiger partial charge in [0.25, 0.3) is 0 Å². The topological polar surface area (TPSA) is 64.6 Å². The standard InChI is InChI=1S/C62H111NO4/c1-7-10-13-16-19-22-25-28-31-34-37-40-43-46-49-52-55-62(58-63-60(65)67-61(4,5)6,56-53-50-47-44-41-38-35-32-29-26-23-20-17-14-11-8-2)59(64)66-57-54-51-48-45-42-39-36-33-30-27-24-21-18-15-12-9-3/h19-24,28-33H,7-18,25-27,34-58H2,1-6H3,(H,63,65)/b22-19-,23-20-,24-21-,31-28-,32-29-,33-30-. The van der Waals surface area contributed by atoms with E-state index in [4.69, 9.17) is 9.47 Å². The summed E-state index contributed by atoms with van der Waals surface area (Å²) in [7, 11) is 0. The molecule has 1 amide bonds. The van der Waals surface area contributed by atoms with Gasteiger partial charge in [0.05, 0.1) is 12.0 Å². The van der Waals surface area contributed by atoms with Crippen molar-refractivity contribution in [1.29, 1.82) is 0 Å². The second kappa shape index (κ2) is 49.6. The van der Waals surface area contributed by atoms with Crippen molar-refractivity contribution in [2.45, 2.75) is 291 Å². The first-order valence-electron chi connectivity index (χ1n) is 28.7. The molecule has 0 aliphatic heterocycles. The molecule has 0 aromatic carbocycles. The first-order valence-corrected chi connectivity index (χ1v) is 28.7. The monoisotopic (exact) mass is 934 g/mol. The number of amides is 1. The highest BCUT2D eigenvalue weighted by Gasteiger charge is 2.40. The zero-order valence-corrected chi connectivity index (χ0v) is 45.3. The Labute approximate surface area is 417 Å². The van der Waals surface area contributed by atoms with Crippen LogP contribution >= 0.6 is 0 Å². The SMILES string of the molecule is CCCCC/C=C\C/C=C\CCCCCCCCOC(=O)C(CCCCCCCC/C=C\C/C=C\CCCCC)(CCCCCCCC/C=C\C/C=C\CCCCC)CNC(=O)OC(C)(C)C. The molecule has 1 N–H and O–H groups in total. The van der Waals surface area contributed by atoms with E-state index in [0.29, 0.717) is 6.61 Å². The molecule has 0 spiro atoms. The number of hydrogen-bond acceptors (Lipinski definition) is 4. The minimum atomic E-state index is -0.736. The van der Waals surface area contributed by atoms with Crippen LogP contribution in [0.1, 0.15) is 286 Å². The average Bonchev–Trinajstić information content (AvgIpc) is 3.30. The van der Waals surface area contributed by atoms with Gasteiger partial charge in [-0.1, -0.05) is 222 Å². The van der Waals surface area contributed by atoms with Gasteiger partial charge in [-0.25, -0.2) is 4.79 Å². The Morgan fingerprint density at radius 2 is 0.687 bits per heavy atom. The van der Waals surface area contributed by atoms with E-state index in [1.165, 1.54) is 154 Å². The van der Waals surface area contributed by atoms with Gasteiger partial charge in [0.1, 0.15) is 5.60 Å². The summed E-state index contributed by atoms with van der Waals surface area (Å²) in [5, 5.41) is 3.04. The van der Waals surface area contributed by atoms with Crippen LogP contribution < -0.4 is 5.32 Å². The zero-order chi connectivity index (χ0) is 49.0. The molecule has 0 unspecified atom stereocenters. The molecule has 0 radical (unpaired) electrons. The van der Waals surface area contributed by atoms with Crippen LogP contribution in [0.2, 0.25) is 0 Å². The summed E-state index contributed by atoms with van der Waals surface area (Å²) in [6, 6.07) is 0. The highest BCUT2D eigenvalue weighted by atomic mass is 16.6. The van der Waals surface area contributed by atoms with E-state index in [9.17, 15) is 9.59 Å². The van der Waals surface area contributed by atoms with Crippen LogP contribution in [0.15, 0.2) is 72.9 Å². The number of esters is 1. The third-order valence-corrected chi connectivity index (χ3v) is 12.7. The number of carbonyl (C=O) groups is 2. The average molecular weight is 935 g/mol. The molecule has 0 bridgehead atoms. The molecule has 67 heavy (non-hydrogen) atoms. The number of unbranched alkanes of at least 4 members (excludes halogenated alkanes) is 27. The maximum Gasteiger partial charge on any atom is 0.407 e. The van der Waals surface area contributed by atoms with Gasteiger partial charge in [-0.05, 0) is 136 Å². The number of allylic oxidation sites excluding steroid dienone is 12. The number of nitrogens with one attached hydrogen (secondary N) is 1. The van der Waals surface area contributed by atoms with Gasteiger partial charge in [0.2, 0.25) is 0 Å². The van der Waals surface area contributed by atoms with Gasteiger partial charge in [0, 0.05) is 6.54 Å². The minimum absolute atomic E-state index is 0.128. The lowest BCUT2D eigenvalue weighted by atomic mass is 9.77. The van der Waals surface area contributed by atoms with Crippen LogP contribution in [0.5, 0.6) is 0 Å². The third kappa shape index (κ3) is 46.7. The molecular formula is C62H111NO4. The molecule has 0 aromatic heterocycles. The fourth-order valence-electron chi connectivity index (χ4n) is 8.45. The van der Waals surface area contributed by atoms with Gasteiger partial charge in [-0.15, -0.1) is 0 Å². The summed E-state index contributed by atoms with van der Waals surface area (Å²) < 4.78 is 11.8. The van der Waals surface area contributed by atoms with E-state index in [2.05, 4.69) is 99.0 Å². The molecule has 0 heterocycles. The quantitative estimate of drug-likeness (QED) is 0.0375. The molecule has 0 rings (SSSR count). The van der Waals surface area contributed by atoms with Crippen molar-refractivity contribution in [3.05, 3.63) is 72.9 Å². The van der Waals surface area contributed by atoms with Crippen molar-refractivity contribution in [2.75, 3.05) is 13.2 Å². The highest BCUT2D eigenvalue weighted by Crippen LogP contribution is 2.34. The Hall–Kier alpha value is -2.82. The van der Waals surface area contributed by atoms with Gasteiger partial charge >= 0.3 is 12.1 Å². The Kier molecular flexibility index (Phi) is 47.5. The molecule has 0 aromatic rings. The third-order valence-electron chi connectivity index (χ3n) is 12.7. The van der Waals surface area contributed by atoms with Crippen molar-refractivity contribution < 1.29 is 19.1 Å². The smallest absolute Gasteiger partial charge is 0.407 e. The number of hydrogen-bond donors (Lipinski definition) is 1. The number of ether oxygens (including phenoxy) is 2. The van der Waals surface area contributed by atoms with E-state index in [-0.39, 0.29) is 12.5 Å². The molecule has 0 aliphatic rings.